The lowest BCUT2D eigenvalue weighted by molar-refractivity contribution is 0.163. The lowest BCUT2D eigenvalue weighted by Crippen LogP contribution is -2.22. The van der Waals surface area contributed by atoms with Crippen LogP contribution < -0.4 is 11.1 Å². The maximum atomic E-state index is 12.0. The van der Waals surface area contributed by atoms with Crippen LogP contribution in [0.5, 0.6) is 0 Å². The number of nitrogens with one attached hydrogen (secondary N) is 1. The van der Waals surface area contributed by atoms with Gasteiger partial charge in [0.05, 0.1) is 22.8 Å². The van der Waals surface area contributed by atoms with Gasteiger partial charge in [0.25, 0.3) is 6.43 Å². The van der Waals surface area contributed by atoms with E-state index in [2.05, 4.69) is 5.32 Å². The van der Waals surface area contributed by atoms with E-state index in [0.717, 1.165) is 4.31 Å². The number of benzene rings is 1. The third kappa shape index (κ3) is 3.30. The van der Waals surface area contributed by atoms with Gasteiger partial charge >= 0.3 is 0 Å². The van der Waals surface area contributed by atoms with Crippen LogP contribution in [0.15, 0.2) is 23.1 Å². The predicted molar refractivity (Wildman–Crippen MR) is 66.2 cm³/mol. The van der Waals surface area contributed by atoms with Crippen LogP contribution in [0.2, 0.25) is 0 Å². The summed E-state index contributed by atoms with van der Waals surface area (Å²) >= 11 is 0. The number of nitrogens with zero attached hydrogens (tertiary/aromatic N) is 1. The fraction of sp³-hybridized carbons (Fsp3) is 0.400. The van der Waals surface area contributed by atoms with Gasteiger partial charge in [-0.05, 0) is 18.2 Å². The summed E-state index contributed by atoms with van der Waals surface area (Å²) < 4.78 is 48.7. The van der Waals surface area contributed by atoms with Crippen molar-refractivity contribution >= 4 is 21.4 Å². The van der Waals surface area contributed by atoms with Gasteiger partial charge in [0.15, 0.2) is 0 Å². The molecule has 0 heterocycles. The summed E-state index contributed by atoms with van der Waals surface area (Å²) in [6.45, 7) is -0.538. The number of hydrogen-bond donors (Lipinski definition) is 2. The molecule has 1 rings (SSSR count). The first-order valence-corrected chi connectivity index (χ1v) is 6.53. The number of halogens is 2. The van der Waals surface area contributed by atoms with Crippen molar-refractivity contribution in [1.29, 1.82) is 0 Å². The van der Waals surface area contributed by atoms with E-state index in [1.165, 1.54) is 32.3 Å². The van der Waals surface area contributed by atoms with E-state index in [9.17, 15) is 17.2 Å². The number of nitrogen functional groups attached to an aromatic ring is 1. The smallest absolute Gasteiger partial charge is 0.255 e. The molecule has 0 unspecified atom stereocenters. The van der Waals surface area contributed by atoms with Crippen molar-refractivity contribution < 1.29 is 17.2 Å². The fourth-order valence-corrected chi connectivity index (χ4v) is 2.20. The average Bonchev–Trinajstić information content (AvgIpc) is 2.26. The van der Waals surface area contributed by atoms with Crippen molar-refractivity contribution in [1.82, 2.24) is 4.31 Å². The van der Waals surface area contributed by atoms with E-state index in [1.54, 1.807) is 0 Å². The minimum Gasteiger partial charge on any atom is -0.397 e. The van der Waals surface area contributed by atoms with Crippen molar-refractivity contribution in [3.05, 3.63) is 18.2 Å². The van der Waals surface area contributed by atoms with E-state index >= 15 is 0 Å². The Morgan fingerprint density at radius 1 is 1.39 bits per heavy atom. The Morgan fingerprint density at radius 3 is 2.44 bits per heavy atom. The number of nitrogens with two attached hydrogens (primary N) is 1. The van der Waals surface area contributed by atoms with E-state index < -0.39 is 23.0 Å². The first-order chi connectivity index (χ1) is 8.25. The minimum absolute atomic E-state index is 0.0209. The highest BCUT2D eigenvalue weighted by molar-refractivity contribution is 7.89. The van der Waals surface area contributed by atoms with E-state index in [4.69, 9.17) is 5.73 Å². The number of rotatable bonds is 5. The van der Waals surface area contributed by atoms with Crippen LogP contribution in [0.3, 0.4) is 0 Å². The monoisotopic (exact) mass is 279 g/mol. The van der Waals surface area contributed by atoms with Crippen LogP contribution in [0, 0.1) is 0 Å². The molecule has 0 aliphatic heterocycles. The molecule has 0 radical (unpaired) electrons. The Bertz CT molecular complexity index is 518. The second-order valence-electron chi connectivity index (χ2n) is 3.81. The lowest BCUT2D eigenvalue weighted by atomic mass is 10.2. The van der Waals surface area contributed by atoms with Gasteiger partial charge in [-0.2, -0.15) is 0 Å². The molecule has 0 amide bonds. The summed E-state index contributed by atoms with van der Waals surface area (Å²) in [6, 6.07) is 3.93. The summed E-state index contributed by atoms with van der Waals surface area (Å²) in [7, 11) is -0.775. The molecule has 3 N–H and O–H groups in total. The number of sulfonamides is 1. The molecule has 0 atom stereocenters. The second kappa shape index (κ2) is 5.49. The van der Waals surface area contributed by atoms with Crippen LogP contribution in [0.1, 0.15) is 0 Å². The molecule has 0 aromatic heterocycles. The molecule has 5 nitrogen and oxygen atoms in total. The van der Waals surface area contributed by atoms with Crippen molar-refractivity contribution in [2.75, 3.05) is 31.7 Å². The summed E-state index contributed by atoms with van der Waals surface area (Å²) in [5.74, 6) is 0. The zero-order valence-electron chi connectivity index (χ0n) is 10.0. The van der Waals surface area contributed by atoms with Gasteiger partial charge in [0.2, 0.25) is 10.0 Å². The van der Waals surface area contributed by atoms with Gasteiger partial charge in [-0.1, -0.05) is 0 Å². The first-order valence-electron chi connectivity index (χ1n) is 5.09. The van der Waals surface area contributed by atoms with Crippen LogP contribution in [-0.2, 0) is 10.0 Å². The largest absolute Gasteiger partial charge is 0.397 e. The van der Waals surface area contributed by atoms with Crippen LogP contribution in [0.25, 0.3) is 0 Å². The van der Waals surface area contributed by atoms with Crippen molar-refractivity contribution in [2.24, 2.45) is 0 Å². The quantitative estimate of drug-likeness (QED) is 0.794. The second-order valence-corrected chi connectivity index (χ2v) is 5.96. The first kappa shape index (κ1) is 14.7. The van der Waals surface area contributed by atoms with Gasteiger partial charge in [0.1, 0.15) is 0 Å². The van der Waals surface area contributed by atoms with Gasteiger partial charge in [0, 0.05) is 14.1 Å². The molecule has 0 aliphatic rings. The molecular formula is C10H15F2N3O2S. The summed E-state index contributed by atoms with van der Waals surface area (Å²) in [6.07, 6.45) is -2.51. The van der Waals surface area contributed by atoms with Gasteiger partial charge in [-0.15, -0.1) is 0 Å². The Labute approximate surface area is 105 Å². The van der Waals surface area contributed by atoms with Crippen LogP contribution in [0.4, 0.5) is 20.2 Å². The molecule has 1 aromatic rings. The number of anilines is 2. The molecule has 0 fully saturated rings. The third-order valence-electron chi connectivity index (χ3n) is 2.25. The summed E-state index contributed by atoms with van der Waals surface area (Å²) in [5.41, 5.74) is 6.01. The SMILES string of the molecule is CN(C)S(=O)(=O)c1ccc(NCC(F)F)c(N)c1. The van der Waals surface area contributed by atoms with Crippen molar-refractivity contribution in [2.45, 2.75) is 11.3 Å². The van der Waals surface area contributed by atoms with Crippen LogP contribution in [-0.4, -0.2) is 39.8 Å². The predicted octanol–water partition coefficient (Wildman–Crippen LogP) is 1.20. The van der Waals surface area contributed by atoms with Gasteiger partial charge in [-0.3, -0.25) is 0 Å². The Kier molecular flexibility index (Phi) is 4.47. The molecule has 0 aliphatic carbocycles. The molecule has 18 heavy (non-hydrogen) atoms. The zero-order valence-corrected chi connectivity index (χ0v) is 10.8. The highest BCUT2D eigenvalue weighted by Crippen LogP contribution is 2.24. The van der Waals surface area contributed by atoms with E-state index in [1.807, 2.05) is 0 Å². The molecular weight excluding hydrogens is 264 g/mol. The number of hydrogen-bond acceptors (Lipinski definition) is 4. The Morgan fingerprint density at radius 2 is 2.00 bits per heavy atom. The normalized spacial score (nSPS) is 12.1. The standard InChI is InChI=1S/C10H15F2N3O2S/c1-15(2)18(16,17)7-3-4-9(8(13)5-7)14-6-10(11)12/h3-5,10,14H,6,13H2,1-2H3. The lowest BCUT2D eigenvalue weighted by Gasteiger charge is -2.14. The minimum atomic E-state index is -3.57. The summed E-state index contributed by atoms with van der Waals surface area (Å²) in [5, 5.41) is 2.44. The van der Waals surface area contributed by atoms with E-state index in [-0.39, 0.29) is 16.3 Å². The van der Waals surface area contributed by atoms with Crippen molar-refractivity contribution in [3.63, 3.8) is 0 Å². The van der Waals surface area contributed by atoms with E-state index in [0.29, 0.717) is 0 Å². The highest BCUT2D eigenvalue weighted by Gasteiger charge is 2.18. The summed E-state index contributed by atoms with van der Waals surface area (Å²) in [4.78, 5) is 0.0209. The zero-order chi connectivity index (χ0) is 13.9. The Balaban J connectivity index is 3.00. The molecule has 0 saturated carbocycles. The van der Waals surface area contributed by atoms with Gasteiger partial charge in [-0.25, -0.2) is 21.5 Å². The van der Waals surface area contributed by atoms with Crippen molar-refractivity contribution in [3.8, 4) is 0 Å². The molecule has 0 bridgehead atoms. The average molecular weight is 279 g/mol. The fourth-order valence-electron chi connectivity index (χ4n) is 1.26. The topological polar surface area (TPSA) is 75.4 Å². The maximum absolute atomic E-state index is 12.0. The molecule has 102 valence electrons. The van der Waals surface area contributed by atoms with Gasteiger partial charge < -0.3 is 11.1 Å². The maximum Gasteiger partial charge on any atom is 0.255 e. The number of alkyl halides is 2. The highest BCUT2D eigenvalue weighted by atomic mass is 32.2. The molecule has 0 spiro atoms. The Hall–Kier alpha value is -1.41. The molecule has 8 heteroatoms. The molecule has 1 aromatic carbocycles. The van der Waals surface area contributed by atoms with Crippen LogP contribution >= 0.6 is 0 Å². The molecule has 0 saturated heterocycles. The third-order valence-corrected chi connectivity index (χ3v) is 4.06.